The van der Waals surface area contributed by atoms with Gasteiger partial charge in [0.1, 0.15) is 29.1 Å². The molecule has 11 nitrogen and oxygen atoms in total. The van der Waals surface area contributed by atoms with Crippen LogP contribution in [0.2, 0.25) is 6.32 Å². The summed E-state index contributed by atoms with van der Waals surface area (Å²) < 4.78 is 25.4. The van der Waals surface area contributed by atoms with E-state index in [0.717, 1.165) is 17.5 Å². The lowest BCUT2D eigenvalue weighted by atomic mass is 9.43. The maximum absolute atomic E-state index is 13.7. The van der Waals surface area contributed by atoms with E-state index in [1.54, 1.807) is 35.4 Å². The number of carbonyl (C=O) groups excluding carboxylic acids is 3. The number of hydrogen-bond donors (Lipinski definition) is 2. The number of amides is 1. The van der Waals surface area contributed by atoms with Gasteiger partial charge in [0.2, 0.25) is 5.91 Å². The van der Waals surface area contributed by atoms with Crippen LogP contribution in [0, 0.1) is 24.2 Å². The predicted molar refractivity (Wildman–Crippen MR) is 196 cm³/mol. The average Bonchev–Trinajstić information content (AvgIpc) is 3.72. The van der Waals surface area contributed by atoms with Crippen LogP contribution in [-0.2, 0) is 25.3 Å². The molecule has 8 rings (SSSR count). The van der Waals surface area contributed by atoms with E-state index < -0.39 is 17.6 Å². The third kappa shape index (κ3) is 6.92. The Morgan fingerprint density at radius 2 is 1.85 bits per heavy atom. The SMILES string of the molecule is Cc1c(CCB2O[C@@H]3C[C@@H]4C[C@@H](C4(C)C)[C@]3(C)O2)ccc(OC2CN(C(=O)C(NCC(=O)c3ccccc3)c3c[nH]cn3)C2)c1C(=O)OC(C)(C)C. The number of likely N-dealkylation sites (tertiary alicyclic amines) is 1. The first-order valence-electron chi connectivity index (χ1n) is 18.6. The van der Waals surface area contributed by atoms with Gasteiger partial charge in [0, 0.05) is 11.8 Å². The number of aromatic nitrogens is 2. The monoisotopic (exact) mass is 710 g/mol. The zero-order valence-corrected chi connectivity index (χ0v) is 31.4. The van der Waals surface area contributed by atoms with Gasteiger partial charge in [0.05, 0.1) is 43.4 Å². The number of aryl methyl sites for hydroxylation is 1. The molecule has 3 aromatic rings. The highest BCUT2D eigenvalue weighted by Crippen LogP contribution is 2.65. The number of aromatic amines is 1. The van der Waals surface area contributed by atoms with E-state index in [4.69, 9.17) is 18.8 Å². The molecule has 2 N–H and O–H groups in total. The lowest BCUT2D eigenvalue weighted by Gasteiger charge is -2.64. The van der Waals surface area contributed by atoms with E-state index in [2.05, 4.69) is 36.1 Å². The van der Waals surface area contributed by atoms with Gasteiger partial charge in [-0.25, -0.2) is 9.78 Å². The summed E-state index contributed by atoms with van der Waals surface area (Å²) in [6.07, 6.45) is 6.55. The van der Waals surface area contributed by atoms with Crippen molar-refractivity contribution in [2.24, 2.45) is 17.3 Å². The smallest absolute Gasteiger partial charge is 0.457 e. The minimum Gasteiger partial charge on any atom is -0.486 e. The largest absolute Gasteiger partial charge is 0.486 e. The van der Waals surface area contributed by atoms with E-state index in [-0.39, 0.29) is 48.6 Å². The number of imidazole rings is 1. The van der Waals surface area contributed by atoms with E-state index in [1.807, 2.05) is 45.9 Å². The molecule has 2 aromatic carbocycles. The van der Waals surface area contributed by atoms with Gasteiger partial charge in [-0.3, -0.25) is 14.9 Å². The molecule has 1 amide bonds. The Hall–Kier alpha value is -4.00. The summed E-state index contributed by atoms with van der Waals surface area (Å²) in [6.45, 7) is 15.0. The Morgan fingerprint density at radius 1 is 1.10 bits per heavy atom. The standard InChI is InChI=1S/C40H51BN4O7/c1-24-25(15-16-41-51-33-18-27-17-32(39(27,5)6)40(33,7)52-41)13-14-31(34(24)37(48)50-38(2,3)4)49-28-21-45(22-28)36(47)35(29-19-42-23-44-29)43-20-30(46)26-11-9-8-10-12-26/h8-14,19,23,27-28,32-33,35,43H,15-18,20-22H2,1-7H3,(H,42,44)/t27-,32-,33+,35?,40-/m0/s1. The number of ether oxygens (including phenoxy) is 2. The first-order valence-corrected chi connectivity index (χ1v) is 18.6. The van der Waals surface area contributed by atoms with Crippen molar-refractivity contribution in [2.75, 3.05) is 19.6 Å². The van der Waals surface area contributed by atoms with Gasteiger partial charge in [-0.1, -0.05) is 50.2 Å². The Labute approximate surface area is 306 Å². The zero-order chi connectivity index (χ0) is 37.0. The fourth-order valence-electron chi connectivity index (χ4n) is 8.75. The number of nitrogens with zero attached hydrogens (tertiary/aromatic N) is 2. The van der Waals surface area contributed by atoms with Crippen LogP contribution in [-0.4, -0.2) is 82.7 Å². The Bertz CT molecular complexity index is 1800. The van der Waals surface area contributed by atoms with Crippen LogP contribution in [0.3, 0.4) is 0 Å². The highest BCUT2D eigenvalue weighted by molar-refractivity contribution is 6.45. The molecule has 5 aliphatic rings. The topological polar surface area (TPSA) is 132 Å². The first kappa shape index (κ1) is 36.4. The lowest BCUT2D eigenvalue weighted by molar-refractivity contribution is -0.199. The van der Waals surface area contributed by atoms with Gasteiger partial charge in [-0.2, -0.15) is 0 Å². The van der Waals surface area contributed by atoms with Crippen molar-refractivity contribution in [3.05, 3.63) is 82.9 Å². The minimum atomic E-state index is -0.810. The highest BCUT2D eigenvalue weighted by atomic mass is 16.7. The van der Waals surface area contributed by atoms with Crippen molar-refractivity contribution in [2.45, 2.75) is 104 Å². The zero-order valence-electron chi connectivity index (χ0n) is 31.4. The van der Waals surface area contributed by atoms with Gasteiger partial charge in [0.15, 0.2) is 5.78 Å². The van der Waals surface area contributed by atoms with E-state index in [1.165, 1.54) is 12.7 Å². The summed E-state index contributed by atoms with van der Waals surface area (Å²) in [5.41, 5.74) is 2.59. The predicted octanol–water partition coefficient (Wildman–Crippen LogP) is 5.75. The quantitative estimate of drug-likeness (QED) is 0.137. The number of Topliss-reactive ketones (excluding diaryl/α,β-unsaturated/α-hetero) is 1. The van der Waals surface area contributed by atoms with Gasteiger partial charge in [0.25, 0.3) is 0 Å². The van der Waals surface area contributed by atoms with Crippen LogP contribution in [0.25, 0.3) is 0 Å². The number of benzene rings is 2. The summed E-state index contributed by atoms with van der Waals surface area (Å²) in [6, 6.07) is 12.0. The van der Waals surface area contributed by atoms with Crippen molar-refractivity contribution >= 4 is 24.8 Å². The fourth-order valence-corrected chi connectivity index (χ4v) is 8.75. The van der Waals surface area contributed by atoms with Crippen LogP contribution in [0.5, 0.6) is 5.75 Å². The van der Waals surface area contributed by atoms with Crippen LogP contribution < -0.4 is 10.1 Å². The number of esters is 1. The number of ketones is 1. The number of rotatable bonds is 12. The third-order valence-corrected chi connectivity index (χ3v) is 11.9. The van der Waals surface area contributed by atoms with Gasteiger partial charge in [-0.15, -0.1) is 0 Å². The Morgan fingerprint density at radius 3 is 2.52 bits per heavy atom. The molecule has 1 unspecified atom stereocenters. The van der Waals surface area contributed by atoms with Crippen LogP contribution in [0.1, 0.15) is 98.0 Å². The molecule has 12 heteroatoms. The minimum absolute atomic E-state index is 0.0238. The Balaban J connectivity index is 1.01. The number of nitrogens with one attached hydrogen (secondary N) is 2. The molecular formula is C40H51BN4O7. The van der Waals surface area contributed by atoms with Crippen molar-refractivity contribution in [3.63, 3.8) is 0 Å². The molecule has 5 fully saturated rings. The van der Waals surface area contributed by atoms with E-state index in [9.17, 15) is 14.4 Å². The van der Waals surface area contributed by atoms with Gasteiger partial charge >= 0.3 is 13.1 Å². The molecule has 3 saturated carbocycles. The lowest BCUT2D eigenvalue weighted by Crippen LogP contribution is -2.65. The van der Waals surface area contributed by atoms with Crippen molar-refractivity contribution in [1.82, 2.24) is 20.2 Å². The van der Waals surface area contributed by atoms with Crippen LogP contribution >= 0.6 is 0 Å². The number of hydrogen-bond acceptors (Lipinski definition) is 9. The molecule has 3 heterocycles. The molecule has 1 aromatic heterocycles. The van der Waals surface area contributed by atoms with Crippen molar-refractivity contribution < 1.29 is 33.2 Å². The number of H-pyrrole nitrogens is 1. The molecule has 0 radical (unpaired) electrons. The summed E-state index contributed by atoms with van der Waals surface area (Å²) in [5, 5.41) is 3.11. The van der Waals surface area contributed by atoms with Gasteiger partial charge < -0.3 is 28.7 Å². The molecular weight excluding hydrogens is 659 g/mol. The Kier molecular flexibility index (Phi) is 9.63. The molecule has 5 atom stereocenters. The van der Waals surface area contributed by atoms with Crippen LogP contribution in [0.4, 0.5) is 0 Å². The second-order valence-corrected chi connectivity index (χ2v) is 16.7. The molecule has 2 saturated heterocycles. The van der Waals surface area contributed by atoms with Gasteiger partial charge in [-0.05, 0) is 94.6 Å². The van der Waals surface area contributed by atoms with Crippen LogP contribution in [0.15, 0.2) is 55.0 Å². The molecule has 52 heavy (non-hydrogen) atoms. The molecule has 2 bridgehead atoms. The van der Waals surface area contributed by atoms with E-state index >= 15 is 0 Å². The fraction of sp³-hybridized carbons (Fsp3) is 0.550. The summed E-state index contributed by atoms with van der Waals surface area (Å²) in [4.78, 5) is 49.0. The van der Waals surface area contributed by atoms with E-state index in [0.29, 0.717) is 60.2 Å². The molecule has 276 valence electrons. The number of carbonyl (C=O) groups is 3. The maximum Gasteiger partial charge on any atom is 0.457 e. The highest BCUT2D eigenvalue weighted by Gasteiger charge is 2.67. The average molecular weight is 711 g/mol. The van der Waals surface area contributed by atoms with Crippen molar-refractivity contribution in [3.8, 4) is 5.75 Å². The molecule has 2 aliphatic heterocycles. The van der Waals surface area contributed by atoms with Crippen molar-refractivity contribution in [1.29, 1.82) is 0 Å². The first-order chi connectivity index (χ1) is 24.6. The summed E-state index contributed by atoms with van der Waals surface area (Å²) in [5.74, 6) is 0.834. The maximum atomic E-state index is 13.7. The summed E-state index contributed by atoms with van der Waals surface area (Å²) in [7, 11) is -0.291. The second kappa shape index (κ2) is 13.8. The third-order valence-electron chi connectivity index (χ3n) is 11.9. The normalized spacial score (nSPS) is 25.5. The summed E-state index contributed by atoms with van der Waals surface area (Å²) >= 11 is 0. The molecule has 0 spiro atoms. The molecule has 3 aliphatic carbocycles. The second-order valence-electron chi connectivity index (χ2n) is 16.7.